The van der Waals surface area contributed by atoms with Crippen LogP contribution in [0.25, 0.3) is 10.8 Å². The van der Waals surface area contributed by atoms with Gasteiger partial charge in [-0.25, -0.2) is 0 Å². The van der Waals surface area contributed by atoms with Crippen molar-refractivity contribution < 1.29 is 0 Å². The maximum absolute atomic E-state index is 4.85. The van der Waals surface area contributed by atoms with Gasteiger partial charge in [-0.05, 0) is 23.4 Å². The molecule has 0 aliphatic carbocycles. The molecule has 1 aromatic heterocycles. The molecule has 0 N–H and O–H groups in total. The van der Waals surface area contributed by atoms with Crippen molar-refractivity contribution in [2.24, 2.45) is 0 Å². The monoisotopic (exact) mass is 387 g/mol. The predicted molar refractivity (Wildman–Crippen MR) is 126 cm³/mol. The molecule has 0 saturated carbocycles. The van der Waals surface area contributed by atoms with Crippen LogP contribution in [-0.4, -0.2) is 4.98 Å². The fourth-order valence-corrected chi connectivity index (χ4v) is 4.40. The summed E-state index contributed by atoms with van der Waals surface area (Å²) in [5, 5.41) is 2.59. The van der Waals surface area contributed by atoms with Gasteiger partial charge in [-0.2, -0.15) is 0 Å². The van der Waals surface area contributed by atoms with Crippen LogP contribution >= 0.6 is 0 Å². The van der Waals surface area contributed by atoms with Gasteiger partial charge in [-0.15, -0.1) is 0 Å². The molecule has 1 atom stereocenters. The van der Waals surface area contributed by atoms with Gasteiger partial charge in [0.1, 0.15) is 0 Å². The molecule has 0 aliphatic rings. The number of fused-ring (bicyclic) bond motifs is 1. The van der Waals surface area contributed by atoms with Crippen molar-refractivity contribution in [3.8, 4) is 0 Å². The molecule has 0 spiro atoms. The summed E-state index contributed by atoms with van der Waals surface area (Å²) in [4.78, 5) is 4.85. The summed E-state index contributed by atoms with van der Waals surface area (Å²) in [6.45, 7) is 2.29. The van der Waals surface area contributed by atoms with E-state index in [9.17, 15) is 0 Å². The summed E-state index contributed by atoms with van der Waals surface area (Å²) in [5.74, 6) is 0.386. The lowest BCUT2D eigenvalue weighted by atomic mass is 9.87. The molecule has 1 unspecified atom stereocenters. The summed E-state index contributed by atoms with van der Waals surface area (Å²) < 4.78 is 0. The van der Waals surface area contributed by atoms with Crippen LogP contribution in [0.15, 0.2) is 66.9 Å². The second-order valence-electron chi connectivity index (χ2n) is 8.35. The van der Waals surface area contributed by atoms with E-state index in [1.54, 1.807) is 0 Å². The first-order valence-electron chi connectivity index (χ1n) is 11.8. The Balaban J connectivity index is 1.56. The van der Waals surface area contributed by atoms with E-state index in [1.807, 2.05) is 6.20 Å². The third-order valence-corrected chi connectivity index (χ3v) is 6.08. The van der Waals surface area contributed by atoms with E-state index < -0.39 is 0 Å². The average Bonchev–Trinajstić information content (AvgIpc) is 2.78. The zero-order chi connectivity index (χ0) is 20.2. The minimum absolute atomic E-state index is 0.386. The third kappa shape index (κ3) is 6.70. The van der Waals surface area contributed by atoms with Crippen molar-refractivity contribution in [1.29, 1.82) is 0 Å². The Morgan fingerprint density at radius 1 is 0.655 bits per heavy atom. The molecule has 0 fully saturated rings. The van der Waals surface area contributed by atoms with Crippen LogP contribution in [0.3, 0.4) is 0 Å². The van der Waals surface area contributed by atoms with Gasteiger partial charge in [-0.1, -0.05) is 126 Å². The summed E-state index contributed by atoms with van der Waals surface area (Å²) in [7, 11) is 0. The molecule has 3 aromatic rings. The Hall–Kier alpha value is -2.15. The van der Waals surface area contributed by atoms with Crippen LogP contribution in [0.4, 0.5) is 0 Å². The van der Waals surface area contributed by atoms with Crippen LogP contribution in [0, 0.1) is 0 Å². The van der Waals surface area contributed by atoms with Gasteiger partial charge in [0, 0.05) is 17.5 Å². The van der Waals surface area contributed by atoms with Crippen molar-refractivity contribution in [2.45, 2.75) is 83.5 Å². The molecule has 0 amide bonds. The number of aromatic nitrogens is 1. The molecule has 0 bridgehead atoms. The number of hydrogen-bond acceptors (Lipinski definition) is 1. The van der Waals surface area contributed by atoms with Gasteiger partial charge >= 0.3 is 0 Å². The number of nitrogens with zero attached hydrogens (tertiary/aromatic N) is 1. The lowest BCUT2D eigenvalue weighted by Gasteiger charge is -2.19. The highest BCUT2D eigenvalue weighted by Gasteiger charge is 2.17. The Kier molecular flexibility index (Phi) is 9.23. The predicted octanol–water partition coefficient (Wildman–Crippen LogP) is 8.68. The molecule has 2 aromatic carbocycles. The number of pyridine rings is 1. The van der Waals surface area contributed by atoms with Gasteiger partial charge in [0.15, 0.2) is 0 Å². The lowest BCUT2D eigenvalue weighted by Crippen LogP contribution is -2.05. The molecule has 29 heavy (non-hydrogen) atoms. The van der Waals surface area contributed by atoms with Gasteiger partial charge < -0.3 is 0 Å². The van der Waals surface area contributed by atoms with E-state index in [-0.39, 0.29) is 0 Å². The summed E-state index contributed by atoms with van der Waals surface area (Å²) >= 11 is 0. The third-order valence-electron chi connectivity index (χ3n) is 6.08. The topological polar surface area (TPSA) is 12.9 Å². The first kappa shape index (κ1) is 21.6. The standard InChI is InChI=1S/C28H37N/c1-2-3-4-5-6-7-8-9-10-14-20-26(24-17-12-11-13-18-24)28-27-21-16-15-19-25(27)22-23-29-28/h11-13,15-19,21-23,26H,2-10,14,20H2,1H3. The highest BCUT2D eigenvalue weighted by atomic mass is 14.7. The molecule has 1 heteroatoms. The molecular formula is C28H37N. The zero-order valence-corrected chi connectivity index (χ0v) is 18.2. The zero-order valence-electron chi connectivity index (χ0n) is 18.2. The molecule has 0 saturated heterocycles. The van der Waals surface area contributed by atoms with Gasteiger partial charge in [0.05, 0.1) is 5.69 Å². The van der Waals surface area contributed by atoms with E-state index >= 15 is 0 Å². The Morgan fingerprint density at radius 2 is 1.28 bits per heavy atom. The number of hydrogen-bond donors (Lipinski definition) is 0. The molecule has 3 rings (SSSR count). The van der Waals surface area contributed by atoms with Gasteiger partial charge in [0.2, 0.25) is 0 Å². The smallest absolute Gasteiger partial charge is 0.0556 e. The summed E-state index contributed by atoms with van der Waals surface area (Å²) in [6, 6.07) is 21.8. The maximum atomic E-state index is 4.85. The van der Waals surface area contributed by atoms with Crippen molar-refractivity contribution in [3.63, 3.8) is 0 Å². The number of unbranched alkanes of at least 4 members (excludes halogenated alkanes) is 9. The van der Waals surface area contributed by atoms with Crippen LogP contribution in [-0.2, 0) is 0 Å². The van der Waals surface area contributed by atoms with Crippen LogP contribution < -0.4 is 0 Å². The fourth-order valence-electron chi connectivity index (χ4n) is 4.40. The van der Waals surface area contributed by atoms with Crippen molar-refractivity contribution in [2.75, 3.05) is 0 Å². The summed E-state index contributed by atoms with van der Waals surface area (Å²) in [6.07, 6.45) is 17.0. The molecule has 1 nitrogen and oxygen atoms in total. The maximum Gasteiger partial charge on any atom is 0.0556 e. The second-order valence-corrected chi connectivity index (χ2v) is 8.35. The van der Waals surface area contributed by atoms with E-state index in [4.69, 9.17) is 4.98 Å². The number of benzene rings is 2. The Labute approximate surface area is 177 Å². The van der Waals surface area contributed by atoms with Crippen molar-refractivity contribution in [3.05, 3.63) is 78.1 Å². The minimum atomic E-state index is 0.386. The number of rotatable bonds is 13. The van der Waals surface area contributed by atoms with Crippen molar-refractivity contribution in [1.82, 2.24) is 4.98 Å². The van der Waals surface area contributed by atoms with E-state index in [1.165, 1.54) is 92.7 Å². The molecule has 0 radical (unpaired) electrons. The average molecular weight is 388 g/mol. The Morgan fingerprint density at radius 3 is 2.00 bits per heavy atom. The Bertz CT molecular complexity index is 819. The quantitative estimate of drug-likeness (QED) is 0.267. The van der Waals surface area contributed by atoms with E-state index in [0.29, 0.717) is 5.92 Å². The first-order valence-corrected chi connectivity index (χ1v) is 11.8. The minimum Gasteiger partial charge on any atom is -0.260 e. The second kappa shape index (κ2) is 12.4. The fraction of sp³-hybridized carbons (Fsp3) is 0.464. The lowest BCUT2D eigenvalue weighted by molar-refractivity contribution is 0.539. The van der Waals surface area contributed by atoms with Gasteiger partial charge in [-0.3, -0.25) is 4.98 Å². The molecule has 0 aliphatic heterocycles. The molecule has 154 valence electrons. The largest absolute Gasteiger partial charge is 0.260 e. The first-order chi connectivity index (χ1) is 14.4. The highest BCUT2D eigenvalue weighted by molar-refractivity contribution is 5.85. The van der Waals surface area contributed by atoms with Gasteiger partial charge in [0.25, 0.3) is 0 Å². The van der Waals surface area contributed by atoms with E-state index in [2.05, 4.69) is 67.6 Å². The molecular weight excluding hydrogens is 350 g/mol. The SMILES string of the molecule is CCCCCCCCCCCCC(c1ccccc1)c1nccc2ccccc12. The summed E-state index contributed by atoms with van der Waals surface area (Å²) in [5.41, 5.74) is 2.64. The van der Waals surface area contributed by atoms with Crippen LogP contribution in [0.1, 0.15) is 94.7 Å². The van der Waals surface area contributed by atoms with Crippen LogP contribution in [0.5, 0.6) is 0 Å². The highest BCUT2D eigenvalue weighted by Crippen LogP contribution is 2.33. The van der Waals surface area contributed by atoms with E-state index in [0.717, 1.165) is 0 Å². The van der Waals surface area contributed by atoms with Crippen molar-refractivity contribution >= 4 is 10.8 Å². The van der Waals surface area contributed by atoms with Crippen LogP contribution in [0.2, 0.25) is 0 Å². The molecule has 1 heterocycles. The normalized spacial score (nSPS) is 12.3.